The molecular weight excluding hydrogens is 313 g/mol. The lowest BCUT2D eigenvalue weighted by atomic mass is 9.66. The third kappa shape index (κ3) is 4.24. The largest absolute Gasteiger partial charge is 0.465 e. The SMILES string of the molecule is O=C(O)NC1CC(CCl)(CNC(=O)Nc2ccc(F)cc2)C1. The van der Waals surface area contributed by atoms with Crippen LogP contribution < -0.4 is 16.0 Å². The lowest BCUT2D eigenvalue weighted by Crippen LogP contribution is -2.56. The van der Waals surface area contributed by atoms with Crippen LogP contribution in [0.4, 0.5) is 19.7 Å². The van der Waals surface area contributed by atoms with Crippen molar-refractivity contribution in [2.75, 3.05) is 17.7 Å². The molecule has 0 spiro atoms. The van der Waals surface area contributed by atoms with E-state index < -0.39 is 12.1 Å². The van der Waals surface area contributed by atoms with Crippen molar-refractivity contribution in [3.63, 3.8) is 0 Å². The highest BCUT2D eigenvalue weighted by atomic mass is 35.5. The minimum absolute atomic E-state index is 0.127. The molecule has 22 heavy (non-hydrogen) atoms. The predicted octanol–water partition coefficient (Wildman–Crippen LogP) is 2.60. The fourth-order valence-corrected chi connectivity index (χ4v) is 2.85. The number of rotatable bonds is 5. The van der Waals surface area contributed by atoms with Crippen LogP contribution in [-0.2, 0) is 0 Å². The number of hydrogen-bond donors (Lipinski definition) is 4. The Kier molecular flexibility index (Phi) is 5.07. The van der Waals surface area contributed by atoms with Gasteiger partial charge in [0.2, 0.25) is 0 Å². The Morgan fingerprint density at radius 2 is 1.95 bits per heavy atom. The van der Waals surface area contributed by atoms with Gasteiger partial charge < -0.3 is 21.1 Å². The van der Waals surface area contributed by atoms with Gasteiger partial charge in [-0.3, -0.25) is 0 Å². The highest BCUT2D eigenvalue weighted by Gasteiger charge is 2.44. The second-order valence-corrected chi connectivity index (χ2v) is 5.77. The molecule has 1 saturated carbocycles. The van der Waals surface area contributed by atoms with Gasteiger partial charge in [0, 0.05) is 29.6 Å². The summed E-state index contributed by atoms with van der Waals surface area (Å²) in [6.45, 7) is 0.349. The molecule has 2 rings (SSSR count). The molecular formula is C14H17ClFN3O3. The Morgan fingerprint density at radius 3 is 2.50 bits per heavy atom. The number of halogens is 2. The first-order valence-electron chi connectivity index (χ1n) is 6.78. The number of anilines is 1. The zero-order valence-corrected chi connectivity index (χ0v) is 12.5. The van der Waals surface area contributed by atoms with Crippen molar-refractivity contribution >= 4 is 29.4 Å². The van der Waals surface area contributed by atoms with Crippen LogP contribution in [0.5, 0.6) is 0 Å². The lowest BCUT2D eigenvalue weighted by Gasteiger charge is -2.46. The molecule has 0 bridgehead atoms. The molecule has 120 valence electrons. The maximum Gasteiger partial charge on any atom is 0.404 e. The van der Waals surface area contributed by atoms with E-state index in [2.05, 4.69) is 16.0 Å². The monoisotopic (exact) mass is 329 g/mol. The summed E-state index contributed by atoms with van der Waals surface area (Å²) in [5, 5.41) is 16.3. The number of carbonyl (C=O) groups excluding carboxylic acids is 1. The van der Waals surface area contributed by atoms with Gasteiger partial charge in [0.1, 0.15) is 5.82 Å². The number of carbonyl (C=O) groups is 2. The van der Waals surface area contributed by atoms with Gasteiger partial charge in [-0.2, -0.15) is 0 Å². The molecule has 3 amide bonds. The van der Waals surface area contributed by atoms with Crippen molar-refractivity contribution in [2.45, 2.75) is 18.9 Å². The van der Waals surface area contributed by atoms with Crippen LogP contribution in [0.3, 0.4) is 0 Å². The highest BCUT2D eigenvalue weighted by molar-refractivity contribution is 6.18. The molecule has 0 saturated heterocycles. The first-order chi connectivity index (χ1) is 10.4. The smallest absolute Gasteiger partial charge is 0.404 e. The molecule has 0 aromatic heterocycles. The van der Waals surface area contributed by atoms with E-state index in [0.29, 0.717) is 31.0 Å². The molecule has 4 N–H and O–H groups in total. The lowest BCUT2D eigenvalue weighted by molar-refractivity contribution is 0.103. The first kappa shape index (κ1) is 16.4. The minimum Gasteiger partial charge on any atom is -0.465 e. The average molecular weight is 330 g/mol. The number of hydrogen-bond acceptors (Lipinski definition) is 2. The number of alkyl halides is 1. The third-order valence-corrected chi connectivity index (χ3v) is 4.26. The van der Waals surface area contributed by atoms with Gasteiger partial charge in [-0.05, 0) is 37.1 Å². The van der Waals surface area contributed by atoms with Crippen LogP contribution in [0.25, 0.3) is 0 Å². The Balaban J connectivity index is 1.78. The Labute approximate surface area is 132 Å². The molecule has 1 aromatic rings. The molecule has 8 heteroatoms. The topological polar surface area (TPSA) is 90.5 Å². The van der Waals surface area contributed by atoms with E-state index in [1.54, 1.807) is 0 Å². The van der Waals surface area contributed by atoms with Crippen molar-refractivity contribution < 1.29 is 19.1 Å². The molecule has 1 fully saturated rings. The van der Waals surface area contributed by atoms with Crippen molar-refractivity contribution in [3.05, 3.63) is 30.1 Å². The second-order valence-electron chi connectivity index (χ2n) is 5.50. The summed E-state index contributed by atoms with van der Waals surface area (Å²) >= 11 is 5.93. The van der Waals surface area contributed by atoms with Crippen molar-refractivity contribution in [1.82, 2.24) is 10.6 Å². The number of amides is 3. The van der Waals surface area contributed by atoms with Crippen LogP contribution in [-0.4, -0.2) is 35.7 Å². The van der Waals surface area contributed by atoms with Gasteiger partial charge in [0.05, 0.1) is 0 Å². The fourth-order valence-electron chi connectivity index (χ4n) is 2.54. The van der Waals surface area contributed by atoms with E-state index in [-0.39, 0.29) is 17.3 Å². The quantitative estimate of drug-likeness (QED) is 0.626. The predicted molar refractivity (Wildman–Crippen MR) is 80.8 cm³/mol. The molecule has 0 radical (unpaired) electrons. The molecule has 0 aliphatic heterocycles. The van der Waals surface area contributed by atoms with E-state index in [0.717, 1.165) is 0 Å². The summed E-state index contributed by atoms with van der Waals surface area (Å²) in [6, 6.07) is 4.89. The maximum absolute atomic E-state index is 12.8. The van der Waals surface area contributed by atoms with E-state index in [1.807, 2.05) is 0 Å². The summed E-state index contributed by atoms with van der Waals surface area (Å²) in [5.74, 6) is -0.0414. The Hall–Kier alpha value is -2.02. The normalized spacial score (nSPS) is 23.3. The van der Waals surface area contributed by atoms with Crippen molar-refractivity contribution in [3.8, 4) is 0 Å². The third-order valence-electron chi connectivity index (χ3n) is 3.70. The number of nitrogens with one attached hydrogen (secondary N) is 3. The van der Waals surface area contributed by atoms with Gasteiger partial charge in [-0.25, -0.2) is 14.0 Å². The van der Waals surface area contributed by atoms with E-state index in [1.165, 1.54) is 24.3 Å². The molecule has 0 heterocycles. The van der Waals surface area contributed by atoms with Gasteiger partial charge in [-0.1, -0.05) is 0 Å². The zero-order chi connectivity index (χ0) is 16.2. The van der Waals surface area contributed by atoms with Gasteiger partial charge in [-0.15, -0.1) is 11.6 Å². The highest BCUT2D eigenvalue weighted by Crippen LogP contribution is 2.41. The van der Waals surface area contributed by atoms with E-state index >= 15 is 0 Å². The van der Waals surface area contributed by atoms with Crippen LogP contribution in [0.2, 0.25) is 0 Å². The maximum atomic E-state index is 12.8. The summed E-state index contributed by atoms with van der Waals surface area (Å²) in [6.07, 6.45) is 0.106. The minimum atomic E-state index is -1.06. The summed E-state index contributed by atoms with van der Waals surface area (Å²) in [4.78, 5) is 22.3. The fraction of sp³-hybridized carbons (Fsp3) is 0.429. The van der Waals surface area contributed by atoms with Crippen LogP contribution in [0.1, 0.15) is 12.8 Å². The van der Waals surface area contributed by atoms with E-state index in [9.17, 15) is 14.0 Å². The second kappa shape index (κ2) is 6.83. The standard InChI is InChI=1S/C14H17ClFN3O3/c15-7-14(5-11(6-14)19-13(21)22)8-17-12(20)18-10-3-1-9(16)2-4-10/h1-4,11,19H,5-8H2,(H,21,22)(H2,17,18,20). The van der Waals surface area contributed by atoms with E-state index in [4.69, 9.17) is 16.7 Å². The zero-order valence-electron chi connectivity index (χ0n) is 11.7. The number of urea groups is 1. The first-order valence-corrected chi connectivity index (χ1v) is 7.32. The van der Waals surface area contributed by atoms with Crippen LogP contribution in [0.15, 0.2) is 24.3 Å². The van der Waals surface area contributed by atoms with Crippen molar-refractivity contribution in [2.24, 2.45) is 5.41 Å². The Morgan fingerprint density at radius 1 is 1.32 bits per heavy atom. The molecule has 0 unspecified atom stereocenters. The van der Waals surface area contributed by atoms with Gasteiger partial charge in [0.25, 0.3) is 0 Å². The van der Waals surface area contributed by atoms with Gasteiger partial charge >= 0.3 is 12.1 Å². The molecule has 6 nitrogen and oxygen atoms in total. The van der Waals surface area contributed by atoms with Crippen LogP contribution >= 0.6 is 11.6 Å². The van der Waals surface area contributed by atoms with Crippen molar-refractivity contribution in [1.29, 1.82) is 0 Å². The van der Waals surface area contributed by atoms with Gasteiger partial charge in [0.15, 0.2) is 0 Å². The average Bonchev–Trinajstić information content (AvgIpc) is 2.43. The summed E-state index contributed by atoms with van der Waals surface area (Å²) in [7, 11) is 0. The summed E-state index contributed by atoms with van der Waals surface area (Å²) in [5.41, 5.74) is 0.187. The number of carboxylic acid groups (broad SMARTS) is 1. The molecule has 1 aliphatic rings. The Bertz CT molecular complexity index is 547. The van der Waals surface area contributed by atoms with Crippen LogP contribution in [0, 0.1) is 11.2 Å². The molecule has 1 aliphatic carbocycles. The molecule has 1 aromatic carbocycles. The number of benzene rings is 1. The summed E-state index contributed by atoms with van der Waals surface area (Å²) < 4.78 is 12.8. The molecule has 0 atom stereocenters.